The van der Waals surface area contributed by atoms with Gasteiger partial charge in [0.2, 0.25) is 17.6 Å². The van der Waals surface area contributed by atoms with Crippen molar-refractivity contribution in [2.75, 3.05) is 12.4 Å². The maximum absolute atomic E-state index is 12.2. The van der Waals surface area contributed by atoms with Crippen molar-refractivity contribution in [3.63, 3.8) is 0 Å². The maximum Gasteiger partial charge on any atom is 0.226 e. The molecule has 3 aromatic rings. The molecule has 0 unspecified atom stereocenters. The summed E-state index contributed by atoms with van der Waals surface area (Å²) in [5, 5.41) is 6.96. The second kappa shape index (κ2) is 8.49. The third-order valence-corrected chi connectivity index (χ3v) is 4.27. The van der Waals surface area contributed by atoms with Crippen molar-refractivity contribution in [1.82, 2.24) is 10.1 Å². The summed E-state index contributed by atoms with van der Waals surface area (Å²) in [6.07, 6.45) is 1.56. The highest BCUT2D eigenvalue weighted by atomic mass is 16.5. The van der Waals surface area contributed by atoms with Gasteiger partial charge in [-0.2, -0.15) is 4.98 Å². The number of hydrogen-bond acceptors (Lipinski definition) is 5. The molecule has 6 heteroatoms. The molecule has 6 nitrogen and oxygen atoms in total. The molecule has 0 saturated heterocycles. The van der Waals surface area contributed by atoms with E-state index in [2.05, 4.69) is 15.5 Å². The lowest BCUT2D eigenvalue weighted by Crippen LogP contribution is -2.12. The molecule has 140 valence electrons. The van der Waals surface area contributed by atoms with E-state index in [0.717, 1.165) is 16.8 Å². The van der Waals surface area contributed by atoms with Crippen LogP contribution in [0, 0.1) is 13.8 Å². The number of anilines is 1. The fraction of sp³-hybridized carbons (Fsp3) is 0.286. The molecule has 0 spiro atoms. The Hall–Kier alpha value is -3.15. The Balaban J connectivity index is 1.54. The Kier molecular flexibility index (Phi) is 5.86. The van der Waals surface area contributed by atoms with Crippen LogP contribution in [0.15, 0.2) is 47.0 Å². The molecular formula is C21H23N3O3. The first-order valence-electron chi connectivity index (χ1n) is 8.90. The first kappa shape index (κ1) is 18.6. The number of carbonyl (C=O) groups is 1. The Morgan fingerprint density at radius 3 is 2.78 bits per heavy atom. The minimum absolute atomic E-state index is 0.0218. The first-order chi connectivity index (χ1) is 13.1. The number of methoxy groups -OCH3 is 1. The van der Waals surface area contributed by atoms with Crippen molar-refractivity contribution < 1.29 is 14.1 Å². The topological polar surface area (TPSA) is 77.2 Å². The summed E-state index contributed by atoms with van der Waals surface area (Å²) >= 11 is 0. The maximum atomic E-state index is 12.2. The van der Waals surface area contributed by atoms with Crippen LogP contribution < -0.4 is 10.1 Å². The summed E-state index contributed by atoms with van der Waals surface area (Å²) in [4.78, 5) is 16.6. The van der Waals surface area contributed by atoms with Gasteiger partial charge in [-0.25, -0.2) is 0 Å². The number of hydrogen-bond donors (Lipinski definition) is 1. The van der Waals surface area contributed by atoms with Crippen molar-refractivity contribution in [2.45, 2.75) is 33.1 Å². The zero-order chi connectivity index (χ0) is 19.2. The van der Waals surface area contributed by atoms with Gasteiger partial charge in [-0.05, 0) is 44.0 Å². The molecule has 0 aliphatic carbocycles. The molecule has 1 amide bonds. The van der Waals surface area contributed by atoms with Crippen LogP contribution in [0.5, 0.6) is 5.75 Å². The van der Waals surface area contributed by atoms with E-state index in [1.807, 2.05) is 56.3 Å². The molecule has 27 heavy (non-hydrogen) atoms. The fourth-order valence-corrected chi connectivity index (χ4v) is 2.86. The predicted octanol–water partition coefficient (Wildman–Crippen LogP) is 4.32. The van der Waals surface area contributed by atoms with Gasteiger partial charge in [-0.1, -0.05) is 35.0 Å². The SMILES string of the molecule is COc1ccccc1-c1noc(CCCC(=O)Nc2ccc(C)cc2C)n1. The van der Waals surface area contributed by atoms with Gasteiger partial charge in [-0.15, -0.1) is 0 Å². The number of aryl methyl sites for hydroxylation is 3. The number of carbonyl (C=O) groups excluding carboxylic acids is 1. The average Bonchev–Trinajstić information content (AvgIpc) is 3.13. The van der Waals surface area contributed by atoms with E-state index in [9.17, 15) is 4.79 Å². The third-order valence-electron chi connectivity index (χ3n) is 4.27. The first-order valence-corrected chi connectivity index (χ1v) is 8.90. The van der Waals surface area contributed by atoms with Gasteiger partial charge < -0.3 is 14.6 Å². The Morgan fingerprint density at radius 1 is 1.19 bits per heavy atom. The number of ether oxygens (including phenoxy) is 1. The Bertz CT molecular complexity index is 934. The summed E-state index contributed by atoms with van der Waals surface area (Å²) in [6, 6.07) is 13.5. The summed E-state index contributed by atoms with van der Waals surface area (Å²) < 4.78 is 10.6. The monoisotopic (exact) mass is 365 g/mol. The third kappa shape index (κ3) is 4.73. The smallest absolute Gasteiger partial charge is 0.226 e. The van der Waals surface area contributed by atoms with E-state index in [4.69, 9.17) is 9.26 Å². The van der Waals surface area contributed by atoms with Crippen LogP contribution in [0.2, 0.25) is 0 Å². The number of nitrogens with one attached hydrogen (secondary N) is 1. The molecule has 0 fully saturated rings. The predicted molar refractivity (Wildman–Crippen MR) is 104 cm³/mol. The number of benzene rings is 2. The molecule has 1 aromatic heterocycles. The average molecular weight is 365 g/mol. The summed E-state index contributed by atoms with van der Waals surface area (Å²) in [7, 11) is 1.61. The van der Waals surface area contributed by atoms with Crippen molar-refractivity contribution >= 4 is 11.6 Å². The van der Waals surface area contributed by atoms with Gasteiger partial charge in [0.15, 0.2) is 0 Å². The van der Waals surface area contributed by atoms with Gasteiger partial charge >= 0.3 is 0 Å². The van der Waals surface area contributed by atoms with Crippen molar-refractivity contribution in [3.8, 4) is 17.1 Å². The van der Waals surface area contributed by atoms with Crippen LogP contribution in [-0.4, -0.2) is 23.2 Å². The normalized spacial score (nSPS) is 10.6. The lowest BCUT2D eigenvalue weighted by Gasteiger charge is -2.08. The van der Waals surface area contributed by atoms with Crippen LogP contribution in [0.3, 0.4) is 0 Å². The number of para-hydroxylation sites is 1. The quantitative estimate of drug-likeness (QED) is 0.674. The molecule has 2 aromatic carbocycles. The highest BCUT2D eigenvalue weighted by molar-refractivity contribution is 5.91. The lowest BCUT2D eigenvalue weighted by atomic mass is 10.1. The molecule has 0 aliphatic rings. The van der Waals surface area contributed by atoms with E-state index < -0.39 is 0 Å². The molecule has 0 radical (unpaired) electrons. The van der Waals surface area contributed by atoms with Gasteiger partial charge in [0.1, 0.15) is 5.75 Å². The van der Waals surface area contributed by atoms with Crippen LogP contribution in [0.1, 0.15) is 29.9 Å². The van der Waals surface area contributed by atoms with E-state index >= 15 is 0 Å². The van der Waals surface area contributed by atoms with E-state index in [-0.39, 0.29) is 5.91 Å². The minimum Gasteiger partial charge on any atom is -0.496 e. The number of aromatic nitrogens is 2. The van der Waals surface area contributed by atoms with Crippen molar-refractivity contribution in [2.24, 2.45) is 0 Å². The van der Waals surface area contributed by atoms with E-state index in [1.54, 1.807) is 7.11 Å². The highest BCUT2D eigenvalue weighted by Gasteiger charge is 2.13. The van der Waals surface area contributed by atoms with Crippen molar-refractivity contribution in [1.29, 1.82) is 0 Å². The summed E-state index contributed by atoms with van der Waals surface area (Å²) in [6.45, 7) is 4.02. The second-order valence-corrected chi connectivity index (χ2v) is 6.43. The summed E-state index contributed by atoms with van der Waals surface area (Å²) in [5.74, 6) is 1.67. The molecule has 1 N–H and O–H groups in total. The van der Waals surface area contributed by atoms with Crippen molar-refractivity contribution in [3.05, 3.63) is 59.5 Å². The number of amides is 1. The molecule has 3 rings (SSSR count). The number of nitrogens with zero attached hydrogens (tertiary/aromatic N) is 2. The van der Waals surface area contributed by atoms with Crippen LogP contribution >= 0.6 is 0 Å². The van der Waals surface area contributed by atoms with E-state index in [1.165, 1.54) is 5.56 Å². The van der Waals surface area contributed by atoms with Crippen LogP contribution in [0.4, 0.5) is 5.69 Å². The van der Waals surface area contributed by atoms with Gasteiger partial charge in [0, 0.05) is 18.5 Å². The Morgan fingerprint density at radius 2 is 2.00 bits per heavy atom. The molecule has 0 atom stereocenters. The summed E-state index contributed by atoms with van der Waals surface area (Å²) in [5.41, 5.74) is 3.86. The molecule has 1 heterocycles. The Labute approximate surface area is 158 Å². The lowest BCUT2D eigenvalue weighted by molar-refractivity contribution is -0.116. The second-order valence-electron chi connectivity index (χ2n) is 6.43. The fourth-order valence-electron chi connectivity index (χ4n) is 2.86. The van der Waals surface area contributed by atoms with Gasteiger partial charge in [0.05, 0.1) is 12.7 Å². The van der Waals surface area contributed by atoms with Crippen LogP contribution in [0.25, 0.3) is 11.4 Å². The molecule has 0 aliphatic heterocycles. The minimum atomic E-state index is -0.0218. The van der Waals surface area contributed by atoms with Gasteiger partial charge in [0.25, 0.3) is 0 Å². The highest BCUT2D eigenvalue weighted by Crippen LogP contribution is 2.27. The van der Waals surface area contributed by atoms with Gasteiger partial charge in [-0.3, -0.25) is 4.79 Å². The van der Waals surface area contributed by atoms with Crippen LogP contribution in [-0.2, 0) is 11.2 Å². The zero-order valence-corrected chi connectivity index (χ0v) is 15.8. The molecule has 0 saturated carbocycles. The standard InChI is InChI=1S/C21H23N3O3/c1-14-11-12-17(15(2)13-14)22-19(25)9-6-10-20-23-21(24-27-20)16-7-4-5-8-18(16)26-3/h4-5,7-8,11-13H,6,9-10H2,1-3H3,(H,22,25). The molecule has 0 bridgehead atoms. The number of rotatable bonds is 7. The van der Waals surface area contributed by atoms with E-state index in [0.29, 0.717) is 36.7 Å². The largest absolute Gasteiger partial charge is 0.496 e. The zero-order valence-electron chi connectivity index (χ0n) is 15.8. The molecular weight excluding hydrogens is 342 g/mol.